The van der Waals surface area contributed by atoms with Gasteiger partial charge in [0.1, 0.15) is 5.03 Å². The molecule has 0 atom stereocenters. The van der Waals surface area contributed by atoms with Gasteiger partial charge in [0.25, 0.3) is 0 Å². The minimum absolute atomic E-state index is 0.0997. The summed E-state index contributed by atoms with van der Waals surface area (Å²) in [5.41, 5.74) is -0.165. The number of carboxylic acids is 1. The zero-order valence-electron chi connectivity index (χ0n) is 14.2. The smallest absolute Gasteiger partial charge is 0.417 e. The third kappa shape index (κ3) is 2.95. The summed E-state index contributed by atoms with van der Waals surface area (Å²) in [5.74, 6) is -0.446. The Bertz CT molecular complexity index is 1220. The Hall–Kier alpha value is -3.15. The Morgan fingerprint density at radius 2 is 2.04 bits per heavy atom. The van der Waals surface area contributed by atoms with E-state index < -0.39 is 17.7 Å². The third-order valence-electron chi connectivity index (χ3n) is 3.87. The Balaban J connectivity index is 1.96. The quantitative estimate of drug-likeness (QED) is 0.518. The molecule has 0 radical (unpaired) electrons. The van der Waals surface area contributed by atoms with Gasteiger partial charge in [-0.1, -0.05) is 6.92 Å². The highest BCUT2D eigenvalue weighted by atomic mass is 32.2. The number of carbonyl (C=O) groups is 1. The van der Waals surface area contributed by atoms with Crippen LogP contribution in [-0.2, 0) is 6.18 Å². The molecule has 0 aliphatic heterocycles. The van der Waals surface area contributed by atoms with Crippen molar-refractivity contribution >= 4 is 29.0 Å². The molecule has 8 nitrogen and oxygen atoms in total. The van der Waals surface area contributed by atoms with Crippen molar-refractivity contribution < 1.29 is 23.1 Å². The molecule has 0 aromatic carbocycles. The largest absolute Gasteiger partial charge is 0.477 e. The molecular weight excluding hydrogens is 397 g/mol. The van der Waals surface area contributed by atoms with Gasteiger partial charge >= 0.3 is 12.1 Å². The Kier molecular flexibility index (Phi) is 4.22. The van der Waals surface area contributed by atoms with Crippen molar-refractivity contribution in [1.82, 2.24) is 29.2 Å². The van der Waals surface area contributed by atoms with Crippen molar-refractivity contribution in [2.24, 2.45) is 0 Å². The molecule has 0 unspecified atom stereocenters. The van der Waals surface area contributed by atoms with Gasteiger partial charge in [-0.3, -0.25) is 0 Å². The summed E-state index contributed by atoms with van der Waals surface area (Å²) in [4.78, 5) is 19.9. The van der Waals surface area contributed by atoms with Crippen molar-refractivity contribution in [3.63, 3.8) is 0 Å². The van der Waals surface area contributed by atoms with Crippen LogP contribution in [0.3, 0.4) is 0 Å². The molecule has 0 spiro atoms. The van der Waals surface area contributed by atoms with E-state index in [4.69, 9.17) is 0 Å². The van der Waals surface area contributed by atoms with Crippen LogP contribution in [0.1, 0.15) is 23.0 Å². The van der Waals surface area contributed by atoms with E-state index in [9.17, 15) is 23.1 Å². The fraction of sp³-hybridized carbons (Fsp3) is 0.188. The number of alkyl halides is 3. The van der Waals surface area contributed by atoms with Crippen molar-refractivity contribution in [1.29, 1.82) is 0 Å². The first-order valence-electron chi connectivity index (χ1n) is 7.97. The van der Waals surface area contributed by atoms with Gasteiger partial charge in [0.2, 0.25) is 0 Å². The summed E-state index contributed by atoms with van der Waals surface area (Å²) in [6.45, 7) is 1.89. The van der Waals surface area contributed by atoms with Crippen LogP contribution >= 0.6 is 11.8 Å². The SMILES string of the molecule is CCSc1nn2c(C(=O)O)ccnc2c1-c1nc2ccc(C(F)(F)F)cn2n1. The first kappa shape index (κ1) is 18.2. The predicted molar refractivity (Wildman–Crippen MR) is 93.3 cm³/mol. The van der Waals surface area contributed by atoms with Gasteiger partial charge in [-0.25, -0.2) is 23.8 Å². The molecule has 144 valence electrons. The number of aromatic nitrogens is 6. The highest BCUT2D eigenvalue weighted by Crippen LogP contribution is 2.33. The van der Waals surface area contributed by atoms with Gasteiger partial charge in [-0.15, -0.1) is 16.9 Å². The second-order valence-electron chi connectivity index (χ2n) is 5.64. The number of hydrogen-bond donors (Lipinski definition) is 1. The van der Waals surface area contributed by atoms with Gasteiger partial charge < -0.3 is 5.11 Å². The molecule has 0 saturated heterocycles. The number of hydrogen-bond acceptors (Lipinski definition) is 6. The molecule has 12 heteroatoms. The van der Waals surface area contributed by atoms with Crippen molar-refractivity contribution in [3.05, 3.63) is 41.9 Å². The first-order valence-corrected chi connectivity index (χ1v) is 8.96. The van der Waals surface area contributed by atoms with Crippen LogP contribution in [0.5, 0.6) is 0 Å². The van der Waals surface area contributed by atoms with E-state index >= 15 is 0 Å². The lowest BCUT2D eigenvalue weighted by Crippen LogP contribution is -2.06. The normalized spacial score (nSPS) is 12.1. The van der Waals surface area contributed by atoms with Gasteiger partial charge in [-0.05, 0) is 24.0 Å². The Labute approximate surface area is 159 Å². The maximum absolute atomic E-state index is 12.9. The van der Waals surface area contributed by atoms with Crippen LogP contribution in [0.2, 0.25) is 0 Å². The highest BCUT2D eigenvalue weighted by molar-refractivity contribution is 7.99. The number of aromatic carboxylic acids is 1. The molecular formula is C16H11F3N6O2S. The van der Waals surface area contributed by atoms with Crippen LogP contribution in [0.25, 0.3) is 22.7 Å². The van der Waals surface area contributed by atoms with Crippen molar-refractivity contribution in [2.75, 3.05) is 5.75 Å². The molecule has 28 heavy (non-hydrogen) atoms. The fourth-order valence-electron chi connectivity index (χ4n) is 2.68. The van der Waals surface area contributed by atoms with E-state index in [1.54, 1.807) is 0 Å². The minimum atomic E-state index is -4.51. The molecule has 4 rings (SSSR count). The summed E-state index contributed by atoms with van der Waals surface area (Å²) in [6.07, 6.45) is -2.34. The maximum Gasteiger partial charge on any atom is 0.417 e. The lowest BCUT2D eigenvalue weighted by atomic mass is 10.3. The average molecular weight is 408 g/mol. The number of thioether (sulfide) groups is 1. The zero-order chi connectivity index (χ0) is 20.1. The van der Waals surface area contributed by atoms with E-state index in [1.165, 1.54) is 34.6 Å². The minimum Gasteiger partial charge on any atom is -0.477 e. The summed E-state index contributed by atoms with van der Waals surface area (Å²) in [6, 6.07) is 3.44. The van der Waals surface area contributed by atoms with Crippen molar-refractivity contribution in [3.8, 4) is 11.4 Å². The van der Waals surface area contributed by atoms with Crippen LogP contribution in [0, 0.1) is 0 Å². The van der Waals surface area contributed by atoms with Crippen LogP contribution in [0.15, 0.2) is 35.6 Å². The average Bonchev–Trinajstić information content (AvgIpc) is 3.20. The Morgan fingerprint density at radius 1 is 1.25 bits per heavy atom. The van der Waals surface area contributed by atoms with Crippen molar-refractivity contribution in [2.45, 2.75) is 18.1 Å². The summed E-state index contributed by atoms with van der Waals surface area (Å²) >= 11 is 1.33. The van der Waals surface area contributed by atoms with Crippen LogP contribution < -0.4 is 0 Å². The second kappa shape index (κ2) is 6.48. The fourth-order valence-corrected chi connectivity index (χ4v) is 3.42. The number of carboxylic acid groups (broad SMARTS) is 1. The van der Waals surface area contributed by atoms with Gasteiger partial charge in [-0.2, -0.15) is 18.3 Å². The number of halogens is 3. The number of rotatable bonds is 4. The van der Waals surface area contributed by atoms with E-state index in [0.717, 1.165) is 16.8 Å². The third-order valence-corrected chi connectivity index (χ3v) is 4.72. The van der Waals surface area contributed by atoms with Crippen LogP contribution in [-0.4, -0.2) is 46.0 Å². The lowest BCUT2D eigenvalue weighted by molar-refractivity contribution is -0.137. The highest BCUT2D eigenvalue weighted by Gasteiger charge is 2.31. The molecule has 4 aromatic heterocycles. The lowest BCUT2D eigenvalue weighted by Gasteiger charge is -2.05. The maximum atomic E-state index is 12.9. The molecule has 0 amide bonds. The zero-order valence-corrected chi connectivity index (χ0v) is 15.0. The summed E-state index contributed by atoms with van der Waals surface area (Å²) in [5, 5.41) is 18.3. The van der Waals surface area contributed by atoms with E-state index in [0.29, 0.717) is 16.3 Å². The first-order chi connectivity index (χ1) is 13.3. The topological polar surface area (TPSA) is 97.7 Å². The van der Waals surface area contributed by atoms with E-state index in [-0.39, 0.29) is 22.8 Å². The second-order valence-corrected chi connectivity index (χ2v) is 6.89. The van der Waals surface area contributed by atoms with E-state index in [1.807, 2.05) is 6.92 Å². The Morgan fingerprint density at radius 3 is 2.71 bits per heavy atom. The predicted octanol–water partition coefficient (Wildman–Crippen LogP) is 3.27. The van der Waals surface area contributed by atoms with E-state index in [2.05, 4.69) is 20.2 Å². The summed E-state index contributed by atoms with van der Waals surface area (Å²) < 4.78 is 41.0. The van der Waals surface area contributed by atoms with Gasteiger partial charge in [0, 0.05) is 12.4 Å². The van der Waals surface area contributed by atoms with Crippen LogP contribution in [0.4, 0.5) is 13.2 Å². The number of fused-ring (bicyclic) bond motifs is 2. The monoisotopic (exact) mass is 408 g/mol. The summed E-state index contributed by atoms with van der Waals surface area (Å²) in [7, 11) is 0. The molecule has 0 aliphatic carbocycles. The van der Waals surface area contributed by atoms with Gasteiger partial charge in [0.05, 0.1) is 11.1 Å². The molecule has 0 aliphatic rings. The molecule has 4 heterocycles. The number of nitrogens with zero attached hydrogens (tertiary/aromatic N) is 6. The number of pyridine rings is 1. The molecule has 0 bridgehead atoms. The molecule has 1 N–H and O–H groups in total. The van der Waals surface area contributed by atoms with Gasteiger partial charge in [0.15, 0.2) is 22.8 Å². The molecule has 4 aromatic rings. The molecule has 0 fully saturated rings. The molecule has 0 saturated carbocycles. The standard InChI is InChI=1S/C16H11F3N6O2S/c1-2-28-14-11(13-20-6-5-9(15(26)27)25(13)23-14)12-21-10-4-3-8(16(17,18)19)7-24(10)22-12/h3-7H,2H2,1H3,(H,26,27).